The number of amides is 1. The van der Waals surface area contributed by atoms with Crippen LogP contribution in [0.5, 0.6) is 0 Å². The summed E-state index contributed by atoms with van der Waals surface area (Å²) in [4.78, 5) is 15.0. The van der Waals surface area contributed by atoms with Crippen molar-refractivity contribution in [3.8, 4) is 0 Å². The van der Waals surface area contributed by atoms with Crippen LogP contribution in [-0.2, 0) is 6.54 Å². The van der Waals surface area contributed by atoms with Gasteiger partial charge in [-0.15, -0.1) is 0 Å². The van der Waals surface area contributed by atoms with Crippen LogP contribution in [0.25, 0.3) is 10.9 Å². The lowest BCUT2D eigenvalue weighted by Gasteiger charge is -2.24. The van der Waals surface area contributed by atoms with Crippen LogP contribution in [-0.4, -0.2) is 39.7 Å². The van der Waals surface area contributed by atoms with Gasteiger partial charge in [0.1, 0.15) is 5.69 Å². The summed E-state index contributed by atoms with van der Waals surface area (Å²) in [7, 11) is 0. The first-order valence-corrected chi connectivity index (χ1v) is 8.82. The zero-order valence-corrected chi connectivity index (χ0v) is 14.1. The highest BCUT2D eigenvalue weighted by Crippen LogP contribution is 2.25. The molecule has 1 amide bonds. The number of para-hydroxylation sites is 1. The van der Waals surface area contributed by atoms with Crippen molar-refractivity contribution in [3.63, 3.8) is 0 Å². The Kier molecular flexibility index (Phi) is 4.28. The molecule has 1 saturated heterocycles. The summed E-state index contributed by atoms with van der Waals surface area (Å²) in [6, 6.07) is 20.2. The van der Waals surface area contributed by atoms with E-state index in [9.17, 15) is 9.90 Å². The van der Waals surface area contributed by atoms with Gasteiger partial charge >= 0.3 is 0 Å². The van der Waals surface area contributed by atoms with Crippen LogP contribution >= 0.6 is 0 Å². The largest absolute Gasteiger partial charge is 0.394 e. The number of nitrogens with zero attached hydrogens (tertiary/aromatic N) is 2. The van der Waals surface area contributed by atoms with Gasteiger partial charge in [-0.05, 0) is 30.5 Å². The maximum Gasteiger partial charge on any atom is 0.270 e. The van der Waals surface area contributed by atoms with Gasteiger partial charge in [0, 0.05) is 24.0 Å². The fourth-order valence-electron chi connectivity index (χ4n) is 3.76. The predicted molar refractivity (Wildman–Crippen MR) is 98.6 cm³/mol. The van der Waals surface area contributed by atoms with E-state index in [2.05, 4.69) is 22.8 Å². The number of hydrogen-bond donors (Lipinski definition) is 1. The van der Waals surface area contributed by atoms with Gasteiger partial charge in [0.15, 0.2) is 0 Å². The highest BCUT2D eigenvalue weighted by Gasteiger charge is 2.30. The van der Waals surface area contributed by atoms with Gasteiger partial charge in [0.2, 0.25) is 0 Å². The molecular formula is C21H22N2O2. The van der Waals surface area contributed by atoms with Crippen molar-refractivity contribution in [1.29, 1.82) is 0 Å². The van der Waals surface area contributed by atoms with Crippen LogP contribution in [0.3, 0.4) is 0 Å². The summed E-state index contributed by atoms with van der Waals surface area (Å²) in [6.07, 6.45) is 1.83. The molecule has 4 heteroatoms. The van der Waals surface area contributed by atoms with E-state index in [1.54, 1.807) is 0 Å². The maximum atomic E-state index is 13.2. The molecule has 0 saturated carbocycles. The number of fused-ring (bicyclic) bond motifs is 1. The lowest BCUT2D eigenvalue weighted by atomic mass is 10.2. The molecule has 4 rings (SSSR count). The summed E-state index contributed by atoms with van der Waals surface area (Å²) >= 11 is 0. The Bertz CT molecular complexity index is 885. The Morgan fingerprint density at radius 3 is 2.64 bits per heavy atom. The van der Waals surface area contributed by atoms with Crippen LogP contribution < -0.4 is 0 Å². The van der Waals surface area contributed by atoms with Crippen LogP contribution in [0.15, 0.2) is 60.7 Å². The van der Waals surface area contributed by atoms with E-state index in [0.717, 1.165) is 35.9 Å². The van der Waals surface area contributed by atoms with Gasteiger partial charge in [-0.3, -0.25) is 4.79 Å². The minimum atomic E-state index is -0.0595. The smallest absolute Gasteiger partial charge is 0.270 e. The molecular weight excluding hydrogens is 312 g/mol. The van der Waals surface area contributed by atoms with Gasteiger partial charge in [-0.25, -0.2) is 0 Å². The monoisotopic (exact) mass is 334 g/mol. The van der Waals surface area contributed by atoms with Gasteiger partial charge < -0.3 is 14.6 Å². The average Bonchev–Trinajstić information content (AvgIpc) is 3.27. The molecule has 1 fully saturated rings. The lowest BCUT2D eigenvalue weighted by molar-refractivity contribution is 0.0668. The van der Waals surface area contributed by atoms with Gasteiger partial charge in [0.05, 0.1) is 12.6 Å². The summed E-state index contributed by atoms with van der Waals surface area (Å²) in [5.41, 5.74) is 2.93. The zero-order chi connectivity index (χ0) is 17.2. The van der Waals surface area contributed by atoms with E-state index in [1.807, 2.05) is 47.4 Å². The Morgan fingerprint density at radius 2 is 1.84 bits per heavy atom. The lowest BCUT2D eigenvalue weighted by Crippen LogP contribution is -2.38. The van der Waals surface area contributed by atoms with Crippen molar-refractivity contribution < 1.29 is 9.90 Å². The second kappa shape index (κ2) is 6.73. The van der Waals surface area contributed by atoms with Crippen molar-refractivity contribution in [1.82, 2.24) is 9.47 Å². The number of aromatic nitrogens is 1. The van der Waals surface area contributed by atoms with E-state index >= 15 is 0 Å². The fraction of sp³-hybridized carbons (Fsp3) is 0.286. The number of benzene rings is 2. The van der Waals surface area contributed by atoms with E-state index in [4.69, 9.17) is 0 Å². The molecule has 0 bridgehead atoms. The summed E-state index contributed by atoms with van der Waals surface area (Å²) in [6.45, 7) is 1.41. The number of carbonyl (C=O) groups is 1. The summed E-state index contributed by atoms with van der Waals surface area (Å²) < 4.78 is 2.10. The van der Waals surface area contributed by atoms with Crippen molar-refractivity contribution in [2.24, 2.45) is 0 Å². The predicted octanol–water partition coefficient (Wildman–Crippen LogP) is 3.29. The topological polar surface area (TPSA) is 45.5 Å². The Labute approximate surface area is 147 Å². The molecule has 1 atom stereocenters. The van der Waals surface area contributed by atoms with E-state index < -0.39 is 0 Å². The van der Waals surface area contributed by atoms with E-state index in [0.29, 0.717) is 12.2 Å². The molecule has 3 aromatic rings. The van der Waals surface area contributed by atoms with Crippen molar-refractivity contribution >= 4 is 16.8 Å². The molecule has 1 aliphatic rings. The minimum absolute atomic E-state index is 0.0173. The van der Waals surface area contributed by atoms with Crippen LogP contribution in [0.4, 0.5) is 0 Å². The third kappa shape index (κ3) is 2.94. The van der Waals surface area contributed by atoms with Crippen molar-refractivity contribution in [2.45, 2.75) is 25.4 Å². The highest BCUT2D eigenvalue weighted by atomic mass is 16.3. The number of carbonyl (C=O) groups excluding carboxylic acids is 1. The van der Waals surface area contributed by atoms with Gasteiger partial charge in [-0.1, -0.05) is 48.5 Å². The fourth-order valence-corrected chi connectivity index (χ4v) is 3.76. The van der Waals surface area contributed by atoms with Gasteiger partial charge in [-0.2, -0.15) is 0 Å². The molecule has 0 aliphatic carbocycles. The maximum absolute atomic E-state index is 13.2. The van der Waals surface area contributed by atoms with Crippen LogP contribution in [0.1, 0.15) is 28.9 Å². The highest BCUT2D eigenvalue weighted by molar-refractivity contribution is 5.99. The third-order valence-electron chi connectivity index (χ3n) is 5.06. The van der Waals surface area contributed by atoms with Crippen molar-refractivity contribution in [2.75, 3.05) is 13.2 Å². The average molecular weight is 334 g/mol. The Balaban J connectivity index is 1.77. The standard InChI is InChI=1S/C21H22N2O2/c24-15-18-10-6-12-22(18)21(25)20-13-17-9-4-5-11-19(17)23(20)14-16-7-2-1-3-8-16/h1-5,7-9,11,13,18,24H,6,10,12,14-15H2/t18-/m1/s1. The Hall–Kier alpha value is -2.59. The van der Waals surface area contributed by atoms with Crippen LogP contribution in [0.2, 0.25) is 0 Å². The number of aliphatic hydroxyl groups is 1. The number of aliphatic hydroxyl groups excluding tert-OH is 1. The molecule has 128 valence electrons. The summed E-state index contributed by atoms with van der Waals surface area (Å²) in [5.74, 6) is 0.0173. The van der Waals surface area contributed by atoms with Gasteiger partial charge in [0.25, 0.3) is 5.91 Å². The first-order valence-electron chi connectivity index (χ1n) is 8.82. The SMILES string of the molecule is O=C(c1cc2ccccc2n1Cc1ccccc1)N1CCC[C@@H]1CO. The van der Waals surface area contributed by atoms with Crippen molar-refractivity contribution in [3.05, 3.63) is 71.9 Å². The molecule has 0 spiro atoms. The first-order chi connectivity index (χ1) is 12.3. The number of hydrogen-bond acceptors (Lipinski definition) is 2. The minimum Gasteiger partial charge on any atom is -0.394 e. The molecule has 2 aromatic carbocycles. The zero-order valence-electron chi connectivity index (χ0n) is 14.1. The molecule has 0 unspecified atom stereocenters. The molecule has 25 heavy (non-hydrogen) atoms. The van der Waals surface area contributed by atoms with Crippen LogP contribution in [0, 0.1) is 0 Å². The summed E-state index contributed by atoms with van der Waals surface area (Å²) in [5, 5.41) is 10.6. The molecule has 2 heterocycles. The number of likely N-dealkylation sites (tertiary alicyclic amines) is 1. The quantitative estimate of drug-likeness (QED) is 0.796. The van der Waals surface area contributed by atoms with E-state index in [-0.39, 0.29) is 18.6 Å². The molecule has 1 aliphatic heterocycles. The molecule has 0 radical (unpaired) electrons. The molecule has 4 nitrogen and oxygen atoms in total. The second-order valence-electron chi connectivity index (χ2n) is 6.64. The molecule has 1 N–H and O–H groups in total. The molecule has 1 aromatic heterocycles. The first kappa shape index (κ1) is 15.9. The van der Waals surface area contributed by atoms with E-state index in [1.165, 1.54) is 0 Å². The third-order valence-corrected chi connectivity index (χ3v) is 5.06. The number of rotatable bonds is 4. The Morgan fingerprint density at radius 1 is 1.08 bits per heavy atom. The normalized spacial score (nSPS) is 17.3. The second-order valence-corrected chi connectivity index (χ2v) is 6.64.